The van der Waals surface area contributed by atoms with Gasteiger partial charge in [0.1, 0.15) is 18.3 Å². The van der Waals surface area contributed by atoms with Crippen molar-refractivity contribution in [3.8, 4) is 0 Å². The maximum absolute atomic E-state index is 10.1. The quantitative estimate of drug-likeness (QED) is 0.694. The van der Waals surface area contributed by atoms with Gasteiger partial charge in [-0.15, -0.1) is 0 Å². The molecular formula is C16H30O6. The summed E-state index contributed by atoms with van der Waals surface area (Å²) < 4.78 is 23.3. The van der Waals surface area contributed by atoms with Crippen molar-refractivity contribution in [1.29, 1.82) is 0 Å². The molecule has 5 atom stereocenters. The Kier molecular flexibility index (Phi) is 5.85. The van der Waals surface area contributed by atoms with Crippen LogP contribution in [-0.2, 0) is 18.9 Å². The first-order valence-electron chi connectivity index (χ1n) is 8.32. The molecule has 0 spiro atoms. The Bertz CT molecular complexity index is 355. The third-order valence-corrected chi connectivity index (χ3v) is 4.28. The molecule has 2 fully saturated rings. The van der Waals surface area contributed by atoms with E-state index in [-0.39, 0.29) is 24.9 Å². The monoisotopic (exact) mass is 318 g/mol. The number of fused-ring (bicyclic) bond motifs is 1. The summed E-state index contributed by atoms with van der Waals surface area (Å²) in [7, 11) is 0. The van der Waals surface area contributed by atoms with Gasteiger partial charge in [0.15, 0.2) is 11.6 Å². The SMILES string of the molecule is CCCC1(CC)OC2[C@H](O1)C(CCOC(C)(C)O)OC[C@@H]2O. The molecule has 130 valence electrons. The lowest BCUT2D eigenvalue weighted by Gasteiger charge is -2.35. The fourth-order valence-corrected chi connectivity index (χ4v) is 3.17. The van der Waals surface area contributed by atoms with Gasteiger partial charge in [0.25, 0.3) is 0 Å². The molecule has 0 bridgehead atoms. The Labute approximate surface area is 132 Å². The summed E-state index contributed by atoms with van der Waals surface area (Å²) in [5.41, 5.74) is 0. The largest absolute Gasteiger partial charge is 0.388 e. The molecule has 2 aliphatic heterocycles. The van der Waals surface area contributed by atoms with Gasteiger partial charge in [-0.3, -0.25) is 0 Å². The van der Waals surface area contributed by atoms with Gasteiger partial charge in [-0.25, -0.2) is 0 Å². The molecule has 2 rings (SSSR count). The lowest BCUT2D eigenvalue weighted by molar-refractivity contribution is -0.197. The van der Waals surface area contributed by atoms with Crippen LogP contribution in [0.1, 0.15) is 53.4 Å². The molecule has 0 aliphatic carbocycles. The van der Waals surface area contributed by atoms with Crippen LogP contribution in [0.25, 0.3) is 0 Å². The van der Waals surface area contributed by atoms with Crippen molar-refractivity contribution in [2.24, 2.45) is 0 Å². The minimum absolute atomic E-state index is 0.193. The lowest BCUT2D eigenvalue weighted by atomic mass is 9.98. The summed E-state index contributed by atoms with van der Waals surface area (Å²) >= 11 is 0. The summed E-state index contributed by atoms with van der Waals surface area (Å²) in [5, 5.41) is 19.8. The van der Waals surface area contributed by atoms with Crippen LogP contribution in [0.4, 0.5) is 0 Å². The topological polar surface area (TPSA) is 77.4 Å². The molecule has 2 saturated heterocycles. The van der Waals surface area contributed by atoms with Crippen LogP contribution in [0.15, 0.2) is 0 Å². The van der Waals surface area contributed by atoms with Crippen LogP contribution in [-0.4, -0.2) is 59.4 Å². The van der Waals surface area contributed by atoms with Crippen molar-refractivity contribution >= 4 is 0 Å². The van der Waals surface area contributed by atoms with E-state index in [1.54, 1.807) is 13.8 Å². The van der Waals surface area contributed by atoms with Crippen LogP contribution in [0.2, 0.25) is 0 Å². The predicted octanol–water partition coefficient (Wildman–Crippen LogP) is 1.57. The summed E-state index contributed by atoms with van der Waals surface area (Å²) in [6.07, 6.45) is 1.59. The predicted molar refractivity (Wildman–Crippen MR) is 80.3 cm³/mol. The normalized spacial score (nSPS) is 39.0. The smallest absolute Gasteiger partial charge is 0.169 e. The number of aliphatic hydroxyl groups excluding tert-OH is 1. The molecule has 0 aromatic rings. The van der Waals surface area contributed by atoms with Crippen molar-refractivity contribution in [1.82, 2.24) is 0 Å². The van der Waals surface area contributed by atoms with Gasteiger partial charge >= 0.3 is 0 Å². The fourth-order valence-electron chi connectivity index (χ4n) is 3.17. The van der Waals surface area contributed by atoms with Crippen LogP contribution in [0, 0.1) is 0 Å². The first kappa shape index (κ1) is 18.1. The zero-order chi connectivity index (χ0) is 16.4. The fraction of sp³-hybridized carbons (Fsp3) is 1.00. The van der Waals surface area contributed by atoms with Crippen molar-refractivity contribution in [2.75, 3.05) is 13.2 Å². The van der Waals surface area contributed by atoms with Gasteiger partial charge in [0.2, 0.25) is 0 Å². The molecule has 2 heterocycles. The Morgan fingerprint density at radius 2 is 1.91 bits per heavy atom. The molecule has 0 amide bonds. The van der Waals surface area contributed by atoms with Gasteiger partial charge in [-0.1, -0.05) is 20.3 Å². The highest BCUT2D eigenvalue weighted by Crippen LogP contribution is 2.41. The number of rotatable bonds is 7. The first-order valence-corrected chi connectivity index (χ1v) is 8.32. The van der Waals surface area contributed by atoms with Crippen molar-refractivity contribution in [2.45, 2.75) is 89.4 Å². The Morgan fingerprint density at radius 1 is 1.23 bits per heavy atom. The number of aliphatic hydroxyl groups is 2. The average Bonchev–Trinajstić information content (AvgIpc) is 2.82. The molecule has 0 aromatic heterocycles. The molecule has 0 radical (unpaired) electrons. The standard InChI is InChI=1S/C16H30O6/c1-5-8-16(6-2)21-13-11(17)10-19-12(14(13)22-16)7-9-20-15(3,4)18/h11-14,17-18H,5-10H2,1-4H3/t11-,12?,13?,14+,16?/m0/s1. The van der Waals surface area contributed by atoms with Gasteiger partial charge in [0.05, 0.1) is 19.3 Å². The molecule has 6 heteroatoms. The van der Waals surface area contributed by atoms with Crippen LogP contribution >= 0.6 is 0 Å². The van der Waals surface area contributed by atoms with Crippen molar-refractivity contribution in [3.05, 3.63) is 0 Å². The van der Waals surface area contributed by atoms with E-state index in [1.807, 2.05) is 6.92 Å². The van der Waals surface area contributed by atoms with E-state index in [0.29, 0.717) is 13.0 Å². The van der Waals surface area contributed by atoms with Gasteiger partial charge in [0, 0.05) is 6.42 Å². The highest BCUT2D eigenvalue weighted by Gasteiger charge is 2.53. The third kappa shape index (κ3) is 4.19. The van der Waals surface area contributed by atoms with E-state index in [9.17, 15) is 10.2 Å². The highest BCUT2D eigenvalue weighted by molar-refractivity contribution is 4.96. The third-order valence-electron chi connectivity index (χ3n) is 4.28. The number of hydrogen-bond acceptors (Lipinski definition) is 6. The maximum atomic E-state index is 10.1. The molecule has 2 N–H and O–H groups in total. The van der Waals surface area contributed by atoms with Crippen LogP contribution in [0.3, 0.4) is 0 Å². The second-order valence-corrected chi connectivity index (χ2v) is 6.70. The lowest BCUT2D eigenvalue weighted by Crippen LogP contribution is -2.51. The average molecular weight is 318 g/mol. The van der Waals surface area contributed by atoms with Crippen LogP contribution in [0.5, 0.6) is 0 Å². The van der Waals surface area contributed by atoms with Gasteiger partial charge in [-0.2, -0.15) is 0 Å². The Balaban J connectivity index is 1.99. The van der Waals surface area contributed by atoms with Crippen LogP contribution < -0.4 is 0 Å². The van der Waals surface area contributed by atoms with E-state index in [0.717, 1.165) is 19.3 Å². The zero-order valence-electron chi connectivity index (χ0n) is 14.1. The molecular weight excluding hydrogens is 288 g/mol. The highest BCUT2D eigenvalue weighted by atomic mass is 16.8. The van der Waals surface area contributed by atoms with E-state index in [4.69, 9.17) is 18.9 Å². The molecule has 0 saturated carbocycles. The molecule has 0 aromatic carbocycles. The van der Waals surface area contributed by atoms with Gasteiger partial charge in [-0.05, 0) is 26.7 Å². The zero-order valence-corrected chi connectivity index (χ0v) is 14.1. The summed E-state index contributed by atoms with van der Waals surface area (Å²) in [5.74, 6) is -1.77. The summed E-state index contributed by atoms with van der Waals surface area (Å²) in [4.78, 5) is 0. The molecule has 2 aliphatic rings. The van der Waals surface area contributed by atoms with E-state index in [1.165, 1.54) is 0 Å². The summed E-state index contributed by atoms with van der Waals surface area (Å²) in [6, 6.07) is 0. The first-order chi connectivity index (χ1) is 10.3. The minimum Gasteiger partial charge on any atom is -0.388 e. The second kappa shape index (κ2) is 7.11. The van der Waals surface area contributed by atoms with Crippen molar-refractivity contribution in [3.63, 3.8) is 0 Å². The van der Waals surface area contributed by atoms with Crippen molar-refractivity contribution < 1.29 is 29.2 Å². The Hall–Kier alpha value is -0.240. The van der Waals surface area contributed by atoms with Gasteiger partial charge < -0.3 is 29.2 Å². The second-order valence-electron chi connectivity index (χ2n) is 6.70. The Morgan fingerprint density at radius 3 is 2.50 bits per heavy atom. The number of hydrogen-bond donors (Lipinski definition) is 2. The van der Waals surface area contributed by atoms with E-state index >= 15 is 0 Å². The minimum atomic E-state index is -1.16. The molecule has 3 unspecified atom stereocenters. The molecule has 6 nitrogen and oxygen atoms in total. The van der Waals surface area contributed by atoms with E-state index < -0.39 is 17.7 Å². The van der Waals surface area contributed by atoms with E-state index in [2.05, 4.69) is 6.92 Å². The number of ether oxygens (including phenoxy) is 4. The molecule has 22 heavy (non-hydrogen) atoms. The maximum Gasteiger partial charge on any atom is 0.169 e. The summed E-state index contributed by atoms with van der Waals surface area (Å²) in [6.45, 7) is 7.92.